The number of nitrogens with zero attached hydrogens (tertiary/aromatic N) is 3. The van der Waals surface area contributed by atoms with E-state index in [-0.39, 0.29) is 12.0 Å². The molecule has 2 aliphatic rings. The van der Waals surface area contributed by atoms with Gasteiger partial charge in [-0.05, 0) is 49.6 Å². The SMILES string of the molecule is O=C(NO)C1CC(Oc2ccnc3ccccc23)CCC1C(=O)N1CCN(c2ccccc2)CC1. The highest BCUT2D eigenvalue weighted by Gasteiger charge is 2.42. The Bertz CT molecular complexity index is 1170. The summed E-state index contributed by atoms with van der Waals surface area (Å²) in [5.41, 5.74) is 3.77. The van der Waals surface area contributed by atoms with Crippen LogP contribution in [0.1, 0.15) is 19.3 Å². The number of hydrogen-bond acceptors (Lipinski definition) is 6. The Labute approximate surface area is 204 Å². The number of aromatic nitrogens is 1. The first-order valence-corrected chi connectivity index (χ1v) is 12.2. The van der Waals surface area contributed by atoms with Crippen molar-refractivity contribution in [2.45, 2.75) is 25.4 Å². The molecule has 8 nitrogen and oxygen atoms in total. The number of hydroxylamine groups is 1. The molecule has 3 unspecified atom stereocenters. The van der Waals surface area contributed by atoms with Crippen molar-refractivity contribution in [1.29, 1.82) is 0 Å². The molecule has 3 aromatic rings. The van der Waals surface area contributed by atoms with Gasteiger partial charge in [-0.1, -0.05) is 30.3 Å². The van der Waals surface area contributed by atoms with E-state index in [0.29, 0.717) is 38.1 Å². The number of ether oxygens (including phenoxy) is 1. The van der Waals surface area contributed by atoms with Gasteiger partial charge in [-0.3, -0.25) is 19.8 Å². The van der Waals surface area contributed by atoms with Crippen molar-refractivity contribution in [2.75, 3.05) is 31.1 Å². The predicted molar refractivity (Wildman–Crippen MR) is 132 cm³/mol. The average molecular weight is 475 g/mol. The van der Waals surface area contributed by atoms with Crippen molar-refractivity contribution in [3.8, 4) is 5.75 Å². The molecule has 1 aliphatic heterocycles. The molecule has 3 atom stereocenters. The Morgan fingerprint density at radius 1 is 0.914 bits per heavy atom. The maximum Gasteiger partial charge on any atom is 0.247 e. The molecule has 5 rings (SSSR count). The number of fused-ring (bicyclic) bond motifs is 1. The van der Waals surface area contributed by atoms with Crippen LogP contribution in [0.5, 0.6) is 5.75 Å². The Kier molecular flexibility index (Phi) is 6.81. The van der Waals surface area contributed by atoms with Gasteiger partial charge in [-0.25, -0.2) is 5.48 Å². The molecule has 1 saturated carbocycles. The summed E-state index contributed by atoms with van der Waals surface area (Å²) in [6, 6.07) is 19.7. The van der Waals surface area contributed by atoms with Crippen molar-refractivity contribution in [1.82, 2.24) is 15.4 Å². The summed E-state index contributed by atoms with van der Waals surface area (Å²) in [5.74, 6) is -0.949. The lowest BCUT2D eigenvalue weighted by Crippen LogP contribution is -2.53. The van der Waals surface area contributed by atoms with Crippen molar-refractivity contribution in [3.05, 3.63) is 66.9 Å². The number of anilines is 1. The smallest absolute Gasteiger partial charge is 0.247 e. The highest BCUT2D eigenvalue weighted by atomic mass is 16.5. The Morgan fingerprint density at radius 3 is 2.43 bits per heavy atom. The second-order valence-corrected chi connectivity index (χ2v) is 9.22. The maximum atomic E-state index is 13.5. The van der Waals surface area contributed by atoms with Crippen LogP contribution >= 0.6 is 0 Å². The van der Waals surface area contributed by atoms with Gasteiger partial charge in [0.25, 0.3) is 0 Å². The van der Waals surface area contributed by atoms with E-state index in [1.54, 1.807) is 11.7 Å². The minimum absolute atomic E-state index is 0.0147. The third-order valence-electron chi connectivity index (χ3n) is 7.18. The van der Waals surface area contributed by atoms with Crippen LogP contribution in [-0.2, 0) is 9.59 Å². The van der Waals surface area contributed by atoms with Gasteiger partial charge in [0.2, 0.25) is 11.8 Å². The number of pyridine rings is 1. The molecule has 2 aromatic carbocycles. The summed E-state index contributed by atoms with van der Waals surface area (Å²) >= 11 is 0. The molecule has 2 heterocycles. The first-order chi connectivity index (χ1) is 17.1. The fourth-order valence-electron chi connectivity index (χ4n) is 5.32. The van der Waals surface area contributed by atoms with Crippen molar-refractivity contribution >= 4 is 28.4 Å². The normalized spacial score (nSPS) is 22.6. The second-order valence-electron chi connectivity index (χ2n) is 9.22. The van der Waals surface area contributed by atoms with E-state index >= 15 is 0 Å². The van der Waals surface area contributed by atoms with Gasteiger partial charge in [-0.15, -0.1) is 0 Å². The van der Waals surface area contributed by atoms with Gasteiger partial charge < -0.3 is 14.5 Å². The summed E-state index contributed by atoms with van der Waals surface area (Å²) in [6.07, 6.45) is 3.03. The van der Waals surface area contributed by atoms with Gasteiger partial charge in [0.05, 0.1) is 23.5 Å². The van der Waals surface area contributed by atoms with Crippen LogP contribution in [0.25, 0.3) is 10.9 Å². The fourth-order valence-corrected chi connectivity index (χ4v) is 5.32. The van der Waals surface area contributed by atoms with E-state index in [0.717, 1.165) is 29.7 Å². The van der Waals surface area contributed by atoms with Crippen LogP contribution in [0.15, 0.2) is 66.9 Å². The number of para-hydroxylation sites is 2. The van der Waals surface area contributed by atoms with Gasteiger partial charge in [-0.2, -0.15) is 0 Å². The number of rotatable bonds is 5. The second kappa shape index (κ2) is 10.3. The van der Waals surface area contributed by atoms with Crippen LogP contribution in [0.4, 0.5) is 5.69 Å². The molecule has 182 valence electrons. The number of carbonyl (C=O) groups excluding carboxylic acids is 2. The van der Waals surface area contributed by atoms with Crippen LogP contribution in [0.3, 0.4) is 0 Å². The van der Waals surface area contributed by atoms with Gasteiger partial charge in [0.1, 0.15) is 5.75 Å². The van der Waals surface area contributed by atoms with E-state index in [4.69, 9.17) is 4.74 Å². The summed E-state index contributed by atoms with van der Waals surface area (Å²) in [7, 11) is 0. The molecule has 1 aromatic heterocycles. The number of hydrogen-bond donors (Lipinski definition) is 2. The monoisotopic (exact) mass is 474 g/mol. The minimum Gasteiger partial charge on any atom is -0.490 e. The lowest BCUT2D eigenvalue weighted by molar-refractivity contribution is -0.148. The zero-order chi connectivity index (χ0) is 24.2. The summed E-state index contributed by atoms with van der Waals surface area (Å²) in [4.78, 5) is 34.6. The summed E-state index contributed by atoms with van der Waals surface area (Å²) in [5, 5.41) is 10.3. The lowest BCUT2D eigenvalue weighted by Gasteiger charge is -2.40. The molecule has 0 bridgehead atoms. The number of benzene rings is 2. The molecule has 0 radical (unpaired) electrons. The Morgan fingerprint density at radius 2 is 1.66 bits per heavy atom. The van der Waals surface area contributed by atoms with E-state index in [9.17, 15) is 14.8 Å². The summed E-state index contributed by atoms with van der Waals surface area (Å²) < 4.78 is 6.30. The van der Waals surface area contributed by atoms with E-state index < -0.39 is 17.7 Å². The summed E-state index contributed by atoms with van der Waals surface area (Å²) in [6.45, 7) is 2.72. The highest BCUT2D eigenvalue weighted by Crippen LogP contribution is 2.36. The van der Waals surface area contributed by atoms with E-state index in [1.165, 1.54) is 0 Å². The molecule has 1 saturated heterocycles. The van der Waals surface area contributed by atoms with Crippen molar-refractivity contribution in [2.24, 2.45) is 11.8 Å². The Hall–Kier alpha value is -3.65. The van der Waals surface area contributed by atoms with Gasteiger partial charge in [0, 0.05) is 43.4 Å². The third-order valence-corrected chi connectivity index (χ3v) is 7.18. The third kappa shape index (κ3) is 4.93. The molecule has 1 aliphatic carbocycles. The maximum absolute atomic E-state index is 13.5. The van der Waals surface area contributed by atoms with E-state index in [2.05, 4.69) is 22.0 Å². The fraction of sp³-hybridized carbons (Fsp3) is 0.370. The molecule has 2 amide bonds. The molecular weight excluding hydrogens is 444 g/mol. The molecule has 2 N–H and O–H groups in total. The zero-order valence-corrected chi connectivity index (χ0v) is 19.5. The molecule has 0 spiro atoms. The van der Waals surface area contributed by atoms with Gasteiger partial charge >= 0.3 is 0 Å². The molecular formula is C27H30N4O4. The predicted octanol–water partition coefficient (Wildman–Crippen LogP) is 3.25. The topological polar surface area (TPSA) is 95.0 Å². The van der Waals surface area contributed by atoms with E-state index in [1.807, 2.05) is 53.4 Å². The molecule has 8 heteroatoms. The molecule has 2 fully saturated rings. The van der Waals surface area contributed by atoms with Crippen LogP contribution in [-0.4, -0.2) is 59.2 Å². The first-order valence-electron chi connectivity index (χ1n) is 12.2. The van der Waals surface area contributed by atoms with Crippen molar-refractivity contribution in [3.63, 3.8) is 0 Å². The minimum atomic E-state index is -0.647. The quantitative estimate of drug-likeness (QED) is 0.436. The molecule has 35 heavy (non-hydrogen) atoms. The highest BCUT2D eigenvalue weighted by molar-refractivity contribution is 5.88. The van der Waals surface area contributed by atoms with Gasteiger partial charge in [0.15, 0.2) is 0 Å². The Balaban J connectivity index is 1.25. The number of carbonyl (C=O) groups is 2. The average Bonchev–Trinajstić information content (AvgIpc) is 2.93. The largest absolute Gasteiger partial charge is 0.490 e. The zero-order valence-electron chi connectivity index (χ0n) is 19.5. The number of piperazine rings is 1. The number of nitrogens with one attached hydrogen (secondary N) is 1. The lowest BCUT2D eigenvalue weighted by atomic mass is 9.76. The van der Waals surface area contributed by atoms with Crippen LogP contribution in [0.2, 0.25) is 0 Å². The van der Waals surface area contributed by atoms with Crippen molar-refractivity contribution < 1.29 is 19.5 Å². The van der Waals surface area contributed by atoms with Crippen LogP contribution < -0.4 is 15.1 Å². The number of amides is 2. The first kappa shape index (κ1) is 23.1. The standard InChI is InChI=1S/C27H30N4O4/c32-26(29-34)23-18-20(35-25-12-13-28-24-9-5-4-8-22(24)25)10-11-21(23)27(33)31-16-14-30(15-17-31)19-6-2-1-3-7-19/h1-9,12-13,20-21,23,34H,10-11,14-18H2,(H,29,32). The van der Waals surface area contributed by atoms with Crippen LogP contribution in [0, 0.1) is 11.8 Å².